The molecule has 0 aromatic rings. The summed E-state index contributed by atoms with van der Waals surface area (Å²) in [6.45, 7) is 10.9. The molecule has 2 heteroatoms. The van der Waals surface area contributed by atoms with Crippen LogP contribution in [0.1, 0.15) is 59.3 Å². The van der Waals surface area contributed by atoms with E-state index in [-0.39, 0.29) is 0 Å². The molecule has 1 saturated carbocycles. The molecule has 2 aliphatic rings. The molecular weight excluding hydrogens is 220 g/mol. The predicted molar refractivity (Wildman–Crippen MR) is 78.9 cm³/mol. The largest absolute Gasteiger partial charge is 0.314 e. The van der Waals surface area contributed by atoms with Crippen molar-refractivity contribution in [1.82, 2.24) is 10.2 Å². The molecule has 1 aliphatic heterocycles. The highest BCUT2D eigenvalue weighted by Gasteiger charge is 2.29. The average Bonchev–Trinajstić information content (AvgIpc) is 2.35. The Morgan fingerprint density at radius 2 is 1.89 bits per heavy atom. The van der Waals surface area contributed by atoms with Gasteiger partial charge in [0.2, 0.25) is 0 Å². The van der Waals surface area contributed by atoms with Gasteiger partial charge in [-0.3, -0.25) is 0 Å². The van der Waals surface area contributed by atoms with Crippen LogP contribution in [-0.2, 0) is 0 Å². The van der Waals surface area contributed by atoms with Gasteiger partial charge in [-0.2, -0.15) is 0 Å². The molecule has 1 saturated heterocycles. The lowest BCUT2D eigenvalue weighted by Crippen LogP contribution is -2.49. The topological polar surface area (TPSA) is 15.3 Å². The van der Waals surface area contributed by atoms with Crippen LogP contribution in [0.15, 0.2) is 0 Å². The van der Waals surface area contributed by atoms with Crippen LogP contribution >= 0.6 is 0 Å². The van der Waals surface area contributed by atoms with E-state index in [0.29, 0.717) is 0 Å². The molecule has 0 aromatic carbocycles. The van der Waals surface area contributed by atoms with Crippen LogP contribution in [0.5, 0.6) is 0 Å². The fourth-order valence-electron chi connectivity index (χ4n) is 3.93. The van der Waals surface area contributed by atoms with E-state index in [1.54, 1.807) is 0 Å². The predicted octanol–water partition coefficient (Wildman–Crippen LogP) is 3.28. The maximum absolute atomic E-state index is 3.62. The normalized spacial score (nSPS) is 38.8. The van der Waals surface area contributed by atoms with E-state index in [1.807, 2.05) is 0 Å². The van der Waals surface area contributed by atoms with E-state index in [2.05, 4.69) is 31.0 Å². The van der Waals surface area contributed by atoms with Crippen molar-refractivity contribution in [2.24, 2.45) is 11.8 Å². The molecule has 2 fully saturated rings. The Balaban J connectivity index is 1.79. The maximum atomic E-state index is 3.62. The molecule has 0 radical (unpaired) electrons. The first kappa shape index (κ1) is 14.3. The zero-order valence-corrected chi connectivity index (χ0v) is 12.6. The quantitative estimate of drug-likeness (QED) is 0.826. The van der Waals surface area contributed by atoms with Crippen molar-refractivity contribution < 1.29 is 0 Å². The summed E-state index contributed by atoms with van der Waals surface area (Å²) in [5, 5.41) is 3.62. The van der Waals surface area contributed by atoms with Crippen molar-refractivity contribution in [3.05, 3.63) is 0 Å². The number of piperidine rings is 1. The van der Waals surface area contributed by atoms with Gasteiger partial charge in [0.1, 0.15) is 0 Å². The minimum Gasteiger partial charge on any atom is -0.314 e. The molecule has 1 aliphatic carbocycles. The molecule has 4 atom stereocenters. The number of rotatable bonds is 4. The second-order valence-corrected chi connectivity index (χ2v) is 6.64. The van der Waals surface area contributed by atoms with E-state index in [9.17, 15) is 0 Å². The van der Waals surface area contributed by atoms with Crippen LogP contribution in [-0.4, -0.2) is 36.6 Å². The van der Waals surface area contributed by atoms with Gasteiger partial charge in [0.05, 0.1) is 0 Å². The van der Waals surface area contributed by atoms with E-state index >= 15 is 0 Å². The Morgan fingerprint density at radius 3 is 2.56 bits per heavy atom. The third-order valence-electron chi connectivity index (χ3n) is 5.26. The van der Waals surface area contributed by atoms with Gasteiger partial charge in [0.15, 0.2) is 0 Å². The molecule has 0 spiro atoms. The molecule has 1 N–H and O–H groups in total. The highest BCUT2D eigenvalue weighted by Crippen LogP contribution is 2.31. The van der Waals surface area contributed by atoms with Crippen molar-refractivity contribution in [3.8, 4) is 0 Å². The Bertz CT molecular complexity index is 241. The van der Waals surface area contributed by atoms with Gasteiger partial charge >= 0.3 is 0 Å². The van der Waals surface area contributed by atoms with Crippen LogP contribution in [0.2, 0.25) is 0 Å². The van der Waals surface area contributed by atoms with Gasteiger partial charge in [-0.05, 0) is 51.1 Å². The molecular formula is C16H32N2. The molecule has 1 heterocycles. The molecule has 18 heavy (non-hydrogen) atoms. The summed E-state index contributed by atoms with van der Waals surface area (Å²) in [5.74, 6) is 1.93. The first-order valence-electron chi connectivity index (χ1n) is 8.18. The summed E-state index contributed by atoms with van der Waals surface area (Å²) in [5.41, 5.74) is 0. The molecule has 4 unspecified atom stereocenters. The molecule has 2 rings (SSSR count). The Kier molecular flexibility index (Phi) is 5.50. The Labute approximate surface area is 114 Å². The number of nitrogens with zero attached hydrogens (tertiary/aromatic N) is 1. The lowest BCUT2D eigenvalue weighted by atomic mass is 9.79. The van der Waals surface area contributed by atoms with Crippen LogP contribution < -0.4 is 5.32 Å². The number of hydrogen-bond acceptors (Lipinski definition) is 2. The first-order chi connectivity index (χ1) is 8.70. The van der Waals surface area contributed by atoms with Gasteiger partial charge in [-0.1, -0.05) is 33.1 Å². The van der Waals surface area contributed by atoms with Crippen LogP contribution in [0, 0.1) is 11.8 Å². The average molecular weight is 252 g/mol. The highest BCUT2D eigenvalue weighted by atomic mass is 15.2. The van der Waals surface area contributed by atoms with Gasteiger partial charge < -0.3 is 10.2 Å². The standard InChI is InChI=1S/C16H32N2/c1-4-17-16-9-10-18(14(3)11-16)12-15-8-6-5-7-13(15)2/h13-17H,4-12H2,1-3H3. The summed E-state index contributed by atoms with van der Waals surface area (Å²) in [4.78, 5) is 2.76. The monoisotopic (exact) mass is 252 g/mol. The first-order valence-corrected chi connectivity index (χ1v) is 8.18. The third-order valence-corrected chi connectivity index (χ3v) is 5.26. The highest BCUT2D eigenvalue weighted by molar-refractivity contribution is 4.85. The fraction of sp³-hybridized carbons (Fsp3) is 1.00. The molecule has 0 aromatic heterocycles. The molecule has 0 bridgehead atoms. The molecule has 106 valence electrons. The Morgan fingerprint density at radius 1 is 1.11 bits per heavy atom. The summed E-state index contributed by atoms with van der Waals surface area (Å²) < 4.78 is 0. The number of nitrogens with one attached hydrogen (secondary N) is 1. The van der Waals surface area contributed by atoms with E-state index in [1.165, 1.54) is 51.6 Å². The van der Waals surface area contributed by atoms with Crippen molar-refractivity contribution in [2.45, 2.75) is 71.4 Å². The maximum Gasteiger partial charge on any atom is 0.00939 e. The van der Waals surface area contributed by atoms with Crippen molar-refractivity contribution >= 4 is 0 Å². The van der Waals surface area contributed by atoms with Gasteiger partial charge in [-0.25, -0.2) is 0 Å². The van der Waals surface area contributed by atoms with Crippen molar-refractivity contribution in [1.29, 1.82) is 0 Å². The molecule has 2 nitrogen and oxygen atoms in total. The zero-order chi connectivity index (χ0) is 13.0. The van der Waals surface area contributed by atoms with Crippen molar-refractivity contribution in [3.63, 3.8) is 0 Å². The summed E-state index contributed by atoms with van der Waals surface area (Å²) in [6.07, 6.45) is 8.56. The summed E-state index contributed by atoms with van der Waals surface area (Å²) in [7, 11) is 0. The summed E-state index contributed by atoms with van der Waals surface area (Å²) in [6, 6.07) is 1.54. The minimum atomic E-state index is 0.769. The Hall–Kier alpha value is -0.0800. The smallest absolute Gasteiger partial charge is 0.00939 e. The van der Waals surface area contributed by atoms with Crippen LogP contribution in [0.25, 0.3) is 0 Å². The SMILES string of the molecule is CCNC1CCN(CC2CCCCC2C)C(C)C1. The zero-order valence-electron chi connectivity index (χ0n) is 12.6. The van der Waals surface area contributed by atoms with E-state index < -0.39 is 0 Å². The van der Waals surface area contributed by atoms with E-state index in [4.69, 9.17) is 0 Å². The lowest BCUT2D eigenvalue weighted by molar-refractivity contribution is 0.0888. The number of hydrogen-bond donors (Lipinski definition) is 1. The number of likely N-dealkylation sites (tertiary alicyclic amines) is 1. The molecule has 0 amide bonds. The fourth-order valence-corrected chi connectivity index (χ4v) is 3.93. The van der Waals surface area contributed by atoms with Gasteiger partial charge in [-0.15, -0.1) is 0 Å². The van der Waals surface area contributed by atoms with E-state index in [0.717, 1.165) is 30.5 Å². The second kappa shape index (κ2) is 6.91. The van der Waals surface area contributed by atoms with Gasteiger partial charge in [0, 0.05) is 18.6 Å². The third kappa shape index (κ3) is 3.71. The van der Waals surface area contributed by atoms with Gasteiger partial charge in [0.25, 0.3) is 0 Å². The second-order valence-electron chi connectivity index (χ2n) is 6.64. The van der Waals surface area contributed by atoms with Crippen LogP contribution in [0.3, 0.4) is 0 Å². The summed E-state index contributed by atoms with van der Waals surface area (Å²) >= 11 is 0. The van der Waals surface area contributed by atoms with Crippen LogP contribution in [0.4, 0.5) is 0 Å². The lowest BCUT2D eigenvalue weighted by Gasteiger charge is -2.41. The van der Waals surface area contributed by atoms with Crippen molar-refractivity contribution in [2.75, 3.05) is 19.6 Å². The minimum absolute atomic E-state index is 0.769.